The quantitative estimate of drug-likeness (QED) is 0.838. The predicted octanol–water partition coefficient (Wildman–Crippen LogP) is 1.72. The van der Waals surface area contributed by atoms with Gasteiger partial charge in [-0.1, -0.05) is 0 Å². The van der Waals surface area contributed by atoms with Crippen LogP contribution in [0.5, 0.6) is 0 Å². The van der Waals surface area contributed by atoms with Crippen LogP contribution in [-0.4, -0.2) is 65.5 Å². The van der Waals surface area contributed by atoms with Gasteiger partial charge in [-0.3, -0.25) is 9.69 Å². The fourth-order valence-corrected chi connectivity index (χ4v) is 3.55. The van der Waals surface area contributed by atoms with E-state index < -0.39 is 5.54 Å². The Morgan fingerprint density at radius 1 is 1.57 bits per heavy atom. The first-order valence-corrected chi connectivity index (χ1v) is 8.71. The Labute approximate surface area is 142 Å². The maximum absolute atomic E-state index is 12.4. The zero-order valence-electron chi connectivity index (χ0n) is 14.5. The SMILES string of the molecule is Cc1csc(N2CCN(CC(=O)N(C)C(C)(C)C#N)C[C@H]2C)n1. The van der Waals surface area contributed by atoms with Gasteiger partial charge in [-0.15, -0.1) is 11.3 Å². The molecule has 1 aromatic heterocycles. The Morgan fingerprint density at radius 3 is 2.78 bits per heavy atom. The number of hydrogen-bond donors (Lipinski definition) is 0. The van der Waals surface area contributed by atoms with Crippen LogP contribution in [0.1, 0.15) is 26.5 Å². The number of aryl methyl sites for hydroxylation is 1. The highest BCUT2D eigenvalue weighted by molar-refractivity contribution is 7.13. The fourth-order valence-electron chi connectivity index (χ4n) is 2.62. The van der Waals surface area contributed by atoms with Crippen molar-refractivity contribution in [3.05, 3.63) is 11.1 Å². The van der Waals surface area contributed by atoms with Gasteiger partial charge in [0, 0.05) is 38.1 Å². The summed E-state index contributed by atoms with van der Waals surface area (Å²) in [7, 11) is 1.70. The topological polar surface area (TPSA) is 63.5 Å². The number of nitrogens with zero attached hydrogens (tertiary/aromatic N) is 5. The minimum atomic E-state index is -0.775. The zero-order chi connectivity index (χ0) is 17.2. The lowest BCUT2D eigenvalue weighted by atomic mass is 10.1. The molecule has 0 aliphatic carbocycles. The van der Waals surface area contributed by atoms with Crippen LogP contribution >= 0.6 is 11.3 Å². The summed E-state index contributed by atoms with van der Waals surface area (Å²) >= 11 is 1.67. The summed E-state index contributed by atoms with van der Waals surface area (Å²) in [5, 5.41) is 12.3. The van der Waals surface area contributed by atoms with Crippen molar-refractivity contribution in [2.24, 2.45) is 0 Å². The van der Waals surface area contributed by atoms with Crippen LogP contribution in [-0.2, 0) is 4.79 Å². The smallest absolute Gasteiger partial charge is 0.237 e. The summed E-state index contributed by atoms with van der Waals surface area (Å²) in [6.07, 6.45) is 0. The van der Waals surface area contributed by atoms with Crippen LogP contribution in [0.25, 0.3) is 0 Å². The van der Waals surface area contributed by atoms with Crippen molar-refractivity contribution >= 4 is 22.4 Å². The van der Waals surface area contributed by atoms with Crippen molar-refractivity contribution < 1.29 is 4.79 Å². The molecule has 0 spiro atoms. The van der Waals surface area contributed by atoms with Crippen LogP contribution in [0, 0.1) is 18.3 Å². The Bertz CT molecular complexity index is 606. The second-order valence-electron chi connectivity index (χ2n) is 6.67. The average molecular weight is 335 g/mol. The number of likely N-dealkylation sites (N-methyl/N-ethyl adjacent to an activating group) is 1. The molecule has 0 bridgehead atoms. The number of anilines is 1. The van der Waals surface area contributed by atoms with Crippen LogP contribution in [0.3, 0.4) is 0 Å². The number of amides is 1. The number of thiazole rings is 1. The van der Waals surface area contributed by atoms with Crippen molar-refractivity contribution in [1.82, 2.24) is 14.8 Å². The highest BCUT2D eigenvalue weighted by Crippen LogP contribution is 2.24. The van der Waals surface area contributed by atoms with Gasteiger partial charge in [0.15, 0.2) is 5.13 Å². The van der Waals surface area contributed by atoms with Gasteiger partial charge in [-0.05, 0) is 27.7 Å². The van der Waals surface area contributed by atoms with Crippen LogP contribution < -0.4 is 4.90 Å². The molecular weight excluding hydrogens is 310 g/mol. The zero-order valence-corrected chi connectivity index (χ0v) is 15.4. The van der Waals surface area contributed by atoms with Crippen molar-refractivity contribution in [2.75, 3.05) is 38.1 Å². The molecule has 6 nitrogen and oxygen atoms in total. The van der Waals surface area contributed by atoms with Gasteiger partial charge in [0.05, 0.1) is 18.3 Å². The van der Waals surface area contributed by atoms with Crippen LogP contribution in [0.15, 0.2) is 5.38 Å². The minimum Gasteiger partial charge on any atom is -0.343 e. The third kappa shape index (κ3) is 4.01. The average Bonchev–Trinajstić information content (AvgIpc) is 2.92. The molecule has 1 atom stereocenters. The summed E-state index contributed by atoms with van der Waals surface area (Å²) in [5.74, 6) is -0.0118. The van der Waals surface area contributed by atoms with Gasteiger partial charge in [0.25, 0.3) is 0 Å². The number of carbonyl (C=O) groups is 1. The lowest BCUT2D eigenvalue weighted by Gasteiger charge is -2.40. The Kier molecular flexibility index (Phi) is 5.27. The second-order valence-corrected chi connectivity index (χ2v) is 7.51. The molecule has 0 aromatic carbocycles. The van der Waals surface area contributed by atoms with E-state index in [1.165, 1.54) is 4.90 Å². The summed E-state index contributed by atoms with van der Waals surface area (Å²) in [6.45, 7) is 10.6. The van der Waals surface area contributed by atoms with Crippen molar-refractivity contribution in [3.8, 4) is 6.07 Å². The highest BCUT2D eigenvalue weighted by Gasteiger charge is 2.31. The molecule has 1 aliphatic heterocycles. The summed E-state index contributed by atoms with van der Waals surface area (Å²) in [5.41, 5.74) is 0.276. The summed E-state index contributed by atoms with van der Waals surface area (Å²) in [4.78, 5) is 22.9. The Hall–Kier alpha value is -1.65. The van der Waals surface area contributed by atoms with E-state index in [9.17, 15) is 4.79 Å². The molecule has 1 aromatic rings. The monoisotopic (exact) mass is 335 g/mol. The molecule has 126 valence electrons. The third-order valence-corrected chi connectivity index (χ3v) is 5.40. The van der Waals surface area contributed by atoms with E-state index in [1.807, 2.05) is 6.92 Å². The molecule has 0 saturated carbocycles. The number of carbonyl (C=O) groups excluding carboxylic acids is 1. The lowest BCUT2D eigenvalue weighted by Crippen LogP contribution is -2.55. The molecule has 1 fully saturated rings. The largest absolute Gasteiger partial charge is 0.343 e. The standard InChI is InChI=1S/C16H25N5OS/c1-12-10-23-15(18-12)21-7-6-20(8-13(21)2)9-14(22)19(5)16(3,4)11-17/h10,13H,6-9H2,1-5H3/t13-/m1/s1. The first kappa shape index (κ1) is 17.7. The summed E-state index contributed by atoms with van der Waals surface area (Å²) < 4.78 is 0. The van der Waals surface area contributed by atoms with Crippen molar-refractivity contribution in [2.45, 2.75) is 39.3 Å². The number of rotatable bonds is 4. The molecule has 2 heterocycles. The molecule has 1 saturated heterocycles. The fraction of sp³-hybridized carbons (Fsp3) is 0.688. The first-order valence-electron chi connectivity index (χ1n) is 7.83. The number of hydrogen-bond acceptors (Lipinski definition) is 6. The predicted molar refractivity (Wildman–Crippen MR) is 92.6 cm³/mol. The van der Waals surface area contributed by atoms with Crippen LogP contribution in [0.2, 0.25) is 0 Å². The van der Waals surface area contributed by atoms with Gasteiger partial charge < -0.3 is 9.80 Å². The molecule has 0 unspecified atom stereocenters. The van der Waals surface area contributed by atoms with Gasteiger partial charge in [0.1, 0.15) is 5.54 Å². The van der Waals surface area contributed by atoms with E-state index in [2.05, 4.69) is 33.2 Å². The molecule has 2 rings (SSSR count). The molecule has 1 aliphatic rings. The van der Waals surface area contributed by atoms with E-state index >= 15 is 0 Å². The van der Waals surface area contributed by atoms with Crippen molar-refractivity contribution in [3.63, 3.8) is 0 Å². The molecular formula is C16H25N5OS. The van der Waals surface area contributed by atoms with Gasteiger partial charge >= 0.3 is 0 Å². The molecule has 7 heteroatoms. The maximum Gasteiger partial charge on any atom is 0.237 e. The second kappa shape index (κ2) is 6.85. The number of piperazine rings is 1. The number of aromatic nitrogens is 1. The van der Waals surface area contributed by atoms with E-state index in [1.54, 1.807) is 32.2 Å². The number of nitriles is 1. The van der Waals surface area contributed by atoms with Gasteiger partial charge in [-0.2, -0.15) is 5.26 Å². The third-order valence-electron chi connectivity index (χ3n) is 4.41. The minimum absolute atomic E-state index is 0.0118. The Balaban J connectivity index is 1.93. The highest BCUT2D eigenvalue weighted by atomic mass is 32.1. The molecule has 0 radical (unpaired) electrons. The molecule has 1 amide bonds. The Morgan fingerprint density at radius 2 is 2.26 bits per heavy atom. The molecule has 23 heavy (non-hydrogen) atoms. The van der Waals surface area contributed by atoms with Gasteiger partial charge in [-0.25, -0.2) is 4.98 Å². The first-order chi connectivity index (χ1) is 10.7. The normalized spacial score (nSPS) is 19.5. The summed E-state index contributed by atoms with van der Waals surface area (Å²) in [6, 6.07) is 2.49. The maximum atomic E-state index is 12.4. The lowest BCUT2D eigenvalue weighted by molar-refractivity contribution is -0.134. The molecule has 0 N–H and O–H groups in total. The van der Waals surface area contributed by atoms with E-state index in [4.69, 9.17) is 5.26 Å². The van der Waals surface area contributed by atoms with Gasteiger partial charge in [0.2, 0.25) is 5.91 Å². The van der Waals surface area contributed by atoms with Crippen LogP contribution in [0.4, 0.5) is 5.13 Å². The van der Waals surface area contributed by atoms with Crippen molar-refractivity contribution in [1.29, 1.82) is 5.26 Å². The van der Waals surface area contributed by atoms with E-state index in [0.717, 1.165) is 30.5 Å². The van der Waals surface area contributed by atoms with E-state index in [-0.39, 0.29) is 5.91 Å². The van der Waals surface area contributed by atoms with E-state index in [0.29, 0.717) is 12.6 Å².